The van der Waals surface area contributed by atoms with Crippen LogP contribution in [0.4, 0.5) is 17.1 Å². The molecule has 0 unspecified atom stereocenters. The van der Waals surface area contributed by atoms with Gasteiger partial charge in [-0.05, 0) is 98.8 Å². The van der Waals surface area contributed by atoms with Crippen molar-refractivity contribution in [1.82, 2.24) is 0 Å². The van der Waals surface area contributed by atoms with Gasteiger partial charge in [0.2, 0.25) is 0 Å². The van der Waals surface area contributed by atoms with E-state index in [4.69, 9.17) is 0 Å². The molecule has 0 aliphatic heterocycles. The number of thiophene rings is 1. The standard InChI is InChI=1S/C46H31NS/c1-3-11-32(12-4-1)35-13-9-14-36(31-35)33-21-25-38(26-22-33)47(37-15-5-2-6-16-37)39-27-23-34(24-28-39)40-18-10-19-42-41(40)29-30-45-46(42)43-17-7-8-20-44(43)48-45/h1-31H. The largest absolute Gasteiger partial charge is 0.311 e. The molecule has 1 aromatic heterocycles. The van der Waals surface area contributed by atoms with Crippen molar-refractivity contribution < 1.29 is 0 Å². The van der Waals surface area contributed by atoms with Crippen LogP contribution in [0, 0.1) is 0 Å². The van der Waals surface area contributed by atoms with E-state index in [1.165, 1.54) is 64.3 Å². The molecule has 0 saturated heterocycles. The molecule has 0 amide bonds. The highest BCUT2D eigenvalue weighted by atomic mass is 32.1. The summed E-state index contributed by atoms with van der Waals surface area (Å²) in [6, 6.07) is 68.0. The van der Waals surface area contributed by atoms with Gasteiger partial charge in [-0.1, -0.05) is 133 Å². The topological polar surface area (TPSA) is 3.24 Å². The number of hydrogen-bond donors (Lipinski definition) is 0. The third kappa shape index (κ3) is 5.04. The van der Waals surface area contributed by atoms with Crippen LogP contribution >= 0.6 is 11.3 Å². The second-order valence-corrected chi connectivity index (χ2v) is 13.2. The smallest absolute Gasteiger partial charge is 0.0462 e. The molecule has 226 valence electrons. The van der Waals surface area contributed by atoms with Gasteiger partial charge in [0.1, 0.15) is 0 Å². The zero-order valence-electron chi connectivity index (χ0n) is 26.3. The normalized spacial score (nSPS) is 11.3. The Morgan fingerprint density at radius 2 is 0.854 bits per heavy atom. The molecule has 0 aliphatic rings. The van der Waals surface area contributed by atoms with E-state index < -0.39 is 0 Å². The molecule has 1 nitrogen and oxygen atoms in total. The summed E-state index contributed by atoms with van der Waals surface area (Å²) in [5.41, 5.74) is 10.7. The van der Waals surface area contributed by atoms with Gasteiger partial charge in [-0.15, -0.1) is 11.3 Å². The van der Waals surface area contributed by atoms with Gasteiger partial charge < -0.3 is 4.90 Å². The Bertz CT molecular complexity index is 2530. The molecule has 0 atom stereocenters. The number of rotatable bonds is 6. The number of benzene rings is 8. The van der Waals surface area contributed by atoms with Crippen LogP contribution in [0.2, 0.25) is 0 Å². The van der Waals surface area contributed by atoms with Gasteiger partial charge in [0.05, 0.1) is 0 Å². The van der Waals surface area contributed by atoms with Crippen molar-refractivity contribution in [3.63, 3.8) is 0 Å². The summed E-state index contributed by atoms with van der Waals surface area (Å²) in [5, 5.41) is 5.29. The number of nitrogens with zero attached hydrogens (tertiary/aromatic N) is 1. The van der Waals surface area contributed by atoms with Crippen LogP contribution in [-0.4, -0.2) is 0 Å². The zero-order valence-corrected chi connectivity index (χ0v) is 27.1. The van der Waals surface area contributed by atoms with Gasteiger partial charge in [0.15, 0.2) is 0 Å². The second kappa shape index (κ2) is 12.0. The predicted octanol–water partition coefficient (Wildman–Crippen LogP) is 13.7. The van der Waals surface area contributed by atoms with Gasteiger partial charge >= 0.3 is 0 Å². The molecular formula is C46H31NS. The van der Waals surface area contributed by atoms with E-state index in [0.717, 1.165) is 17.1 Å². The lowest BCUT2D eigenvalue weighted by molar-refractivity contribution is 1.28. The number of para-hydroxylation sites is 1. The summed E-state index contributed by atoms with van der Waals surface area (Å²) in [4.78, 5) is 2.33. The minimum atomic E-state index is 1.12. The summed E-state index contributed by atoms with van der Waals surface area (Å²) in [7, 11) is 0. The van der Waals surface area contributed by atoms with Crippen molar-refractivity contribution in [2.24, 2.45) is 0 Å². The predicted molar refractivity (Wildman–Crippen MR) is 208 cm³/mol. The maximum Gasteiger partial charge on any atom is 0.0462 e. The van der Waals surface area contributed by atoms with Crippen molar-refractivity contribution in [1.29, 1.82) is 0 Å². The summed E-state index contributed by atoms with van der Waals surface area (Å²) >= 11 is 1.87. The highest BCUT2D eigenvalue weighted by Crippen LogP contribution is 2.42. The molecule has 0 aliphatic carbocycles. The molecule has 0 fully saturated rings. The van der Waals surface area contributed by atoms with E-state index in [1.54, 1.807) is 0 Å². The number of fused-ring (bicyclic) bond motifs is 5. The molecule has 0 spiro atoms. The van der Waals surface area contributed by atoms with E-state index >= 15 is 0 Å². The lowest BCUT2D eigenvalue weighted by atomic mass is 9.95. The Labute approximate surface area is 284 Å². The lowest BCUT2D eigenvalue weighted by Gasteiger charge is -2.26. The number of anilines is 3. The third-order valence-electron chi connectivity index (χ3n) is 9.28. The first-order chi connectivity index (χ1) is 23.8. The van der Waals surface area contributed by atoms with Gasteiger partial charge in [0.25, 0.3) is 0 Å². The third-order valence-corrected chi connectivity index (χ3v) is 10.4. The average Bonchev–Trinajstić information content (AvgIpc) is 3.56. The lowest BCUT2D eigenvalue weighted by Crippen LogP contribution is -2.09. The van der Waals surface area contributed by atoms with Crippen molar-refractivity contribution in [2.75, 3.05) is 4.90 Å². The molecule has 0 N–H and O–H groups in total. The summed E-state index contributed by atoms with van der Waals surface area (Å²) in [5.74, 6) is 0. The fourth-order valence-corrected chi connectivity index (χ4v) is 8.08. The Morgan fingerprint density at radius 3 is 1.58 bits per heavy atom. The van der Waals surface area contributed by atoms with Gasteiger partial charge in [-0.25, -0.2) is 0 Å². The summed E-state index contributed by atoms with van der Waals surface area (Å²) < 4.78 is 2.68. The van der Waals surface area contributed by atoms with Crippen LogP contribution in [-0.2, 0) is 0 Å². The van der Waals surface area contributed by atoms with Crippen molar-refractivity contribution in [3.8, 4) is 33.4 Å². The minimum Gasteiger partial charge on any atom is -0.311 e. The Kier molecular flexibility index (Phi) is 7.07. The molecule has 1 heterocycles. The van der Waals surface area contributed by atoms with E-state index in [1.807, 2.05) is 11.3 Å². The monoisotopic (exact) mass is 629 g/mol. The first-order valence-corrected chi connectivity index (χ1v) is 17.2. The minimum absolute atomic E-state index is 1.12. The SMILES string of the molecule is c1ccc(-c2cccc(-c3ccc(N(c4ccccc4)c4ccc(-c5cccc6c5ccc5sc7ccccc7c56)cc4)cc3)c2)cc1. The molecule has 8 aromatic carbocycles. The molecule has 2 heteroatoms. The summed E-state index contributed by atoms with van der Waals surface area (Å²) in [6.07, 6.45) is 0. The van der Waals surface area contributed by atoms with Crippen LogP contribution < -0.4 is 4.90 Å². The first-order valence-electron chi connectivity index (χ1n) is 16.3. The van der Waals surface area contributed by atoms with E-state index in [-0.39, 0.29) is 0 Å². The highest BCUT2D eigenvalue weighted by molar-refractivity contribution is 7.26. The molecular weight excluding hydrogens is 599 g/mol. The molecule has 0 saturated carbocycles. The zero-order chi connectivity index (χ0) is 31.9. The van der Waals surface area contributed by atoms with Gasteiger partial charge in [-0.3, -0.25) is 0 Å². The maximum absolute atomic E-state index is 2.33. The summed E-state index contributed by atoms with van der Waals surface area (Å²) in [6.45, 7) is 0. The van der Waals surface area contributed by atoms with Crippen molar-refractivity contribution in [3.05, 3.63) is 188 Å². The quantitative estimate of drug-likeness (QED) is 0.177. The molecule has 0 bridgehead atoms. The second-order valence-electron chi connectivity index (χ2n) is 12.1. The van der Waals surface area contributed by atoms with E-state index in [2.05, 4.69) is 193 Å². The number of hydrogen-bond acceptors (Lipinski definition) is 2. The Morgan fingerprint density at radius 1 is 0.312 bits per heavy atom. The van der Waals surface area contributed by atoms with Crippen LogP contribution in [0.5, 0.6) is 0 Å². The average molecular weight is 630 g/mol. The first kappa shape index (κ1) is 28.3. The van der Waals surface area contributed by atoms with E-state index in [9.17, 15) is 0 Å². The fourth-order valence-electron chi connectivity index (χ4n) is 6.96. The highest BCUT2D eigenvalue weighted by Gasteiger charge is 2.15. The van der Waals surface area contributed by atoms with Crippen LogP contribution in [0.25, 0.3) is 64.3 Å². The maximum atomic E-state index is 2.33. The van der Waals surface area contributed by atoms with Crippen LogP contribution in [0.15, 0.2) is 188 Å². The molecule has 9 aromatic rings. The van der Waals surface area contributed by atoms with E-state index in [0.29, 0.717) is 0 Å². The van der Waals surface area contributed by atoms with Crippen LogP contribution in [0.3, 0.4) is 0 Å². The molecule has 0 radical (unpaired) electrons. The fraction of sp³-hybridized carbons (Fsp3) is 0. The van der Waals surface area contributed by atoms with Crippen molar-refractivity contribution in [2.45, 2.75) is 0 Å². The molecule has 48 heavy (non-hydrogen) atoms. The van der Waals surface area contributed by atoms with Gasteiger partial charge in [0, 0.05) is 37.2 Å². The Balaban J connectivity index is 1.08. The van der Waals surface area contributed by atoms with Crippen molar-refractivity contribution >= 4 is 59.3 Å². The van der Waals surface area contributed by atoms with Gasteiger partial charge in [-0.2, -0.15) is 0 Å². The Hall–Kier alpha value is -5.96. The van der Waals surface area contributed by atoms with Crippen LogP contribution in [0.1, 0.15) is 0 Å². The molecule has 9 rings (SSSR count).